The normalized spacial score (nSPS) is 11.2. The lowest BCUT2D eigenvalue weighted by Crippen LogP contribution is -2.22. The van der Waals surface area contributed by atoms with E-state index < -0.39 is 34.2 Å². The van der Waals surface area contributed by atoms with Gasteiger partial charge in [0.15, 0.2) is 5.69 Å². The molecule has 22 heavy (non-hydrogen) atoms. The number of alkyl halides is 3. The maximum absolute atomic E-state index is 12.6. The lowest BCUT2D eigenvalue weighted by molar-refractivity contribution is -0.254. The van der Waals surface area contributed by atoms with Crippen molar-refractivity contribution in [3.8, 4) is 0 Å². The van der Waals surface area contributed by atoms with Gasteiger partial charge in [0, 0.05) is 5.69 Å². The van der Waals surface area contributed by atoms with Crippen molar-refractivity contribution in [1.82, 2.24) is 4.37 Å². The van der Waals surface area contributed by atoms with Crippen molar-refractivity contribution in [3.05, 3.63) is 40.4 Å². The van der Waals surface area contributed by atoms with E-state index in [1.165, 1.54) is 6.07 Å². The zero-order valence-electron chi connectivity index (χ0n) is 10.6. The van der Waals surface area contributed by atoms with Crippen LogP contribution in [0.2, 0.25) is 0 Å². The quantitative estimate of drug-likeness (QED) is 0.883. The van der Waals surface area contributed by atoms with Gasteiger partial charge in [-0.2, -0.15) is 17.5 Å². The van der Waals surface area contributed by atoms with Gasteiger partial charge in [0.1, 0.15) is 0 Å². The Morgan fingerprint density at radius 2 is 2.00 bits per heavy atom. The third-order valence-corrected chi connectivity index (χ3v) is 3.42. The molecule has 3 N–H and O–H groups in total. The molecule has 0 saturated heterocycles. The third kappa shape index (κ3) is 3.17. The molecule has 1 heterocycles. The molecule has 0 fully saturated rings. The summed E-state index contributed by atoms with van der Waals surface area (Å²) in [6, 6.07) is 3.95. The van der Waals surface area contributed by atoms with Crippen molar-refractivity contribution in [1.29, 1.82) is 0 Å². The highest BCUT2D eigenvalue weighted by atomic mass is 32.1. The molecular weight excluding hydrogens is 323 g/mol. The number of halogens is 3. The molecule has 10 heteroatoms. The second-order valence-corrected chi connectivity index (χ2v) is 4.87. The van der Waals surface area contributed by atoms with Gasteiger partial charge in [-0.15, -0.1) is 0 Å². The number of nitrogen functional groups attached to an aromatic ring is 1. The minimum atomic E-state index is -4.55. The molecular formula is C12H7F3N3O3S-. The number of hydrogen-bond acceptors (Lipinski definition) is 6. The molecule has 1 amide bonds. The van der Waals surface area contributed by atoms with Crippen LogP contribution in [0.1, 0.15) is 25.7 Å². The predicted molar refractivity (Wildman–Crippen MR) is 70.3 cm³/mol. The molecule has 1 aromatic heterocycles. The number of benzene rings is 1. The zero-order valence-corrected chi connectivity index (χ0v) is 11.4. The number of carboxylic acid groups (broad SMARTS) is 1. The molecule has 1 aromatic carbocycles. The third-order valence-electron chi connectivity index (χ3n) is 2.58. The summed E-state index contributed by atoms with van der Waals surface area (Å²) in [4.78, 5) is 22.2. The van der Waals surface area contributed by atoms with E-state index in [1.54, 1.807) is 0 Å². The second-order valence-electron chi connectivity index (χ2n) is 4.09. The number of nitrogens with one attached hydrogen (secondary N) is 1. The topological polar surface area (TPSA) is 108 Å². The van der Waals surface area contributed by atoms with Crippen LogP contribution < -0.4 is 16.2 Å². The highest BCUT2D eigenvalue weighted by Crippen LogP contribution is 2.31. The van der Waals surface area contributed by atoms with E-state index in [-0.39, 0.29) is 11.4 Å². The molecule has 0 aliphatic heterocycles. The Morgan fingerprint density at radius 3 is 2.55 bits per heavy atom. The fourth-order valence-corrected chi connectivity index (χ4v) is 2.21. The van der Waals surface area contributed by atoms with Crippen LogP contribution in [-0.4, -0.2) is 16.3 Å². The first kappa shape index (κ1) is 15.8. The molecule has 0 unspecified atom stereocenters. The highest BCUT2D eigenvalue weighted by molar-refractivity contribution is 7.08. The molecule has 2 aromatic rings. The van der Waals surface area contributed by atoms with Gasteiger partial charge in [-0.3, -0.25) is 4.79 Å². The smallest absolute Gasteiger partial charge is 0.416 e. The molecule has 2 rings (SSSR count). The number of aromatic carboxylic acids is 1. The monoisotopic (exact) mass is 330 g/mol. The Labute approximate surface area is 125 Å². The highest BCUT2D eigenvalue weighted by Gasteiger charge is 2.30. The van der Waals surface area contributed by atoms with Crippen LogP contribution in [0, 0.1) is 0 Å². The van der Waals surface area contributed by atoms with Crippen molar-refractivity contribution in [2.24, 2.45) is 0 Å². The average molecular weight is 330 g/mol. The van der Waals surface area contributed by atoms with Crippen LogP contribution in [0.15, 0.2) is 24.3 Å². The van der Waals surface area contributed by atoms with E-state index in [2.05, 4.69) is 9.69 Å². The largest absolute Gasteiger partial charge is 0.544 e. The number of anilines is 2. The first-order chi connectivity index (χ1) is 10.2. The Balaban J connectivity index is 2.25. The van der Waals surface area contributed by atoms with Gasteiger partial charge in [-0.05, 0) is 29.7 Å². The van der Waals surface area contributed by atoms with Crippen molar-refractivity contribution in [2.45, 2.75) is 6.18 Å². The van der Waals surface area contributed by atoms with Gasteiger partial charge in [0.05, 0.1) is 22.1 Å². The van der Waals surface area contributed by atoms with Crippen LogP contribution in [0.4, 0.5) is 24.5 Å². The van der Waals surface area contributed by atoms with E-state index in [4.69, 9.17) is 5.73 Å². The zero-order chi connectivity index (χ0) is 16.5. The Morgan fingerprint density at radius 1 is 1.32 bits per heavy atom. The van der Waals surface area contributed by atoms with Gasteiger partial charge in [0.25, 0.3) is 5.91 Å². The number of hydrogen-bond donors (Lipinski definition) is 2. The fourth-order valence-electron chi connectivity index (χ4n) is 1.57. The van der Waals surface area contributed by atoms with Crippen LogP contribution in [0.25, 0.3) is 0 Å². The summed E-state index contributed by atoms with van der Waals surface area (Å²) < 4.78 is 41.3. The Hall–Kier alpha value is -2.62. The first-order valence-electron chi connectivity index (χ1n) is 5.65. The summed E-state index contributed by atoms with van der Waals surface area (Å²) >= 11 is 0.453. The van der Waals surface area contributed by atoms with Crippen LogP contribution in [0.5, 0.6) is 0 Å². The number of amides is 1. The van der Waals surface area contributed by atoms with Gasteiger partial charge in [0.2, 0.25) is 0 Å². The summed E-state index contributed by atoms with van der Waals surface area (Å²) in [5.74, 6) is -2.51. The standard InChI is InChI=1S/C12H8F3N3O3S/c13-12(14,15)5-2-1-3-6(4-5)17-10(19)8-7(16)9(11(20)21)22-18-8/h1-4H,16H2,(H,17,19)(H,20,21)/p-1. The maximum Gasteiger partial charge on any atom is 0.416 e. The summed E-state index contributed by atoms with van der Waals surface area (Å²) in [6.07, 6.45) is -4.55. The lowest BCUT2D eigenvalue weighted by atomic mass is 10.2. The number of nitrogens with two attached hydrogens (primary N) is 1. The lowest BCUT2D eigenvalue weighted by Gasteiger charge is -2.09. The molecule has 0 bridgehead atoms. The Kier molecular flexibility index (Phi) is 4.04. The summed E-state index contributed by atoms with van der Waals surface area (Å²) in [5, 5.41) is 12.9. The Bertz CT molecular complexity index is 743. The van der Waals surface area contributed by atoms with Crippen molar-refractivity contribution in [3.63, 3.8) is 0 Å². The number of aromatic nitrogens is 1. The van der Waals surface area contributed by atoms with E-state index >= 15 is 0 Å². The van der Waals surface area contributed by atoms with E-state index in [0.29, 0.717) is 11.5 Å². The SMILES string of the molecule is Nc1c(C(=O)Nc2cccc(C(F)(F)F)c2)nsc1C(=O)[O-]. The van der Waals surface area contributed by atoms with E-state index in [9.17, 15) is 27.9 Å². The van der Waals surface area contributed by atoms with Crippen LogP contribution in [0.3, 0.4) is 0 Å². The van der Waals surface area contributed by atoms with Crippen molar-refractivity contribution in [2.75, 3.05) is 11.1 Å². The average Bonchev–Trinajstić information content (AvgIpc) is 2.80. The minimum absolute atomic E-state index is 0.123. The fraction of sp³-hybridized carbons (Fsp3) is 0.0833. The van der Waals surface area contributed by atoms with Crippen LogP contribution in [-0.2, 0) is 6.18 Å². The van der Waals surface area contributed by atoms with E-state index in [0.717, 1.165) is 18.2 Å². The summed E-state index contributed by atoms with van der Waals surface area (Å²) in [5.41, 5.74) is 3.60. The number of nitrogens with zero attached hydrogens (tertiary/aromatic N) is 1. The number of rotatable bonds is 3. The summed E-state index contributed by atoms with van der Waals surface area (Å²) in [7, 11) is 0. The molecule has 116 valence electrons. The molecule has 0 aliphatic carbocycles. The molecule has 0 atom stereocenters. The van der Waals surface area contributed by atoms with Gasteiger partial charge < -0.3 is 21.0 Å². The number of carbonyl (C=O) groups is 2. The molecule has 6 nitrogen and oxygen atoms in total. The molecule has 0 radical (unpaired) electrons. The first-order valence-corrected chi connectivity index (χ1v) is 6.42. The van der Waals surface area contributed by atoms with Gasteiger partial charge in [-0.1, -0.05) is 6.07 Å². The molecule has 0 aliphatic rings. The van der Waals surface area contributed by atoms with Crippen molar-refractivity contribution < 1.29 is 27.9 Å². The summed E-state index contributed by atoms with van der Waals surface area (Å²) in [6.45, 7) is 0. The van der Waals surface area contributed by atoms with E-state index in [1.807, 2.05) is 0 Å². The van der Waals surface area contributed by atoms with Crippen LogP contribution >= 0.6 is 11.5 Å². The van der Waals surface area contributed by atoms with Crippen molar-refractivity contribution >= 4 is 34.8 Å². The molecule has 0 saturated carbocycles. The maximum atomic E-state index is 12.6. The number of carboxylic acids is 1. The number of carbonyl (C=O) groups excluding carboxylic acids is 2. The second kappa shape index (κ2) is 5.64. The van der Waals surface area contributed by atoms with Gasteiger partial charge >= 0.3 is 6.18 Å². The predicted octanol–water partition coefficient (Wildman–Crippen LogP) is 1.36. The molecule has 0 spiro atoms. The van der Waals surface area contributed by atoms with Gasteiger partial charge in [-0.25, -0.2) is 0 Å². The minimum Gasteiger partial charge on any atom is -0.544 e.